The Kier molecular flexibility index (Phi) is 2.71. The molecule has 0 saturated carbocycles. The van der Waals surface area contributed by atoms with Crippen molar-refractivity contribution in [1.82, 2.24) is 9.97 Å². The number of nitrogen functional groups attached to an aromatic ring is 1. The molecule has 1 aromatic carbocycles. The number of nitrogens with two attached hydrogens (primary N) is 1. The molecule has 88 valence electrons. The van der Waals surface area contributed by atoms with Crippen molar-refractivity contribution in [2.24, 2.45) is 0 Å². The van der Waals surface area contributed by atoms with Crippen LogP contribution in [0, 0.1) is 0 Å². The highest BCUT2D eigenvalue weighted by Crippen LogP contribution is 2.30. The molecule has 0 unspecified atom stereocenters. The molecule has 2 N–H and O–H groups in total. The maximum absolute atomic E-state index is 12.3. The number of anilines is 1. The van der Waals surface area contributed by atoms with E-state index in [-0.39, 0.29) is 5.82 Å². The normalized spacial score (nSPS) is 11.5. The van der Waals surface area contributed by atoms with Crippen LogP contribution in [0.1, 0.15) is 5.56 Å². The van der Waals surface area contributed by atoms with Crippen molar-refractivity contribution in [3.05, 3.63) is 42.2 Å². The molecule has 0 aliphatic carbocycles. The largest absolute Gasteiger partial charge is 0.416 e. The number of hydrogen-bond acceptors (Lipinski definition) is 3. The molecule has 1 heterocycles. The third-order valence-electron chi connectivity index (χ3n) is 2.16. The number of benzene rings is 1. The van der Waals surface area contributed by atoms with Crippen molar-refractivity contribution in [2.75, 3.05) is 5.73 Å². The summed E-state index contributed by atoms with van der Waals surface area (Å²) in [6.07, 6.45) is -1.52. The maximum atomic E-state index is 12.3. The van der Waals surface area contributed by atoms with Crippen LogP contribution in [-0.2, 0) is 6.18 Å². The number of alkyl halides is 3. The Bertz CT molecular complexity index is 520. The Morgan fingerprint density at radius 2 is 1.65 bits per heavy atom. The zero-order valence-corrected chi connectivity index (χ0v) is 8.57. The summed E-state index contributed by atoms with van der Waals surface area (Å²) in [5, 5.41) is 0. The third-order valence-corrected chi connectivity index (χ3v) is 2.16. The zero-order chi connectivity index (χ0) is 12.5. The minimum absolute atomic E-state index is 0.224. The fourth-order valence-electron chi connectivity index (χ4n) is 1.35. The molecule has 0 amide bonds. The van der Waals surface area contributed by atoms with Gasteiger partial charge in [-0.2, -0.15) is 13.2 Å². The predicted molar refractivity (Wildman–Crippen MR) is 56.9 cm³/mol. The Morgan fingerprint density at radius 3 is 2.18 bits per heavy atom. The van der Waals surface area contributed by atoms with Crippen LogP contribution in [0.4, 0.5) is 19.0 Å². The second-order valence-electron chi connectivity index (χ2n) is 3.40. The molecule has 0 aliphatic heterocycles. The first kappa shape index (κ1) is 11.4. The summed E-state index contributed by atoms with van der Waals surface area (Å²) in [5.74, 6) is 0.224. The van der Waals surface area contributed by atoms with Gasteiger partial charge in [-0.1, -0.05) is 12.1 Å². The van der Waals surface area contributed by atoms with E-state index in [0.29, 0.717) is 11.3 Å². The fraction of sp³-hybridized carbons (Fsp3) is 0.0909. The van der Waals surface area contributed by atoms with E-state index >= 15 is 0 Å². The highest BCUT2D eigenvalue weighted by Gasteiger charge is 2.29. The molecule has 0 fully saturated rings. The lowest BCUT2D eigenvalue weighted by Crippen LogP contribution is -2.04. The minimum atomic E-state index is -4.33. The molecule has 17 heavy (non-hydrogen) atoms. The topological polar surface area (TPSA) is 51.8 Å². The van der Waals surface area contributed by atoms with Crippen LogP contribution in [-0.4, -0.2) is 9.97 Å². The van der Waals surface area contributed by atoms with Crippen LogP contribution in [0.5, 0.6) is 0 Å². The van der Waals surface area contributed by atoms with Crippen molar-refractivity contribution in [2.45, 2.75) is 6.18 Å². The van der Waals surface area contributed by atoms with Crippen molar-refractivity contribution >= 4 is 5.82 Å². The first-order valence-corrected chi connectivity index (χ1v) is 4.72. The smallest absolute Gasteiger partial charge is 0.382 e. The molecule has 0 saturated heterocycles. The monoisotopic (exact) mass is 239 g/mol. The predicted octanol–water partition coefficient (Wildman–Crippen LogP) is 2.74. The van der Waals surface area contributed by atoms with Gasteiger partial charge in [0, 0.05) is 5.56 Å². The van der Waals surface area contributed by atoms with Crippen molar-refractivity contribution in [1.29, 1.82) is 0 Å². The summed E-state index contributed by atoms with van der Waals surface area (Å²) in [6, 6.07) is 4.68. The van der Waals surface area contributed by atoms with Gasteiger partial charge in [0.1, 0.15) is 5.82 Å². The van der Waals surface area contributed by atoms with E-state index in [4.69, 9.17) is 5.73 Å². The lowest BCUT2D eigenvalue weighted by atomic mass is 10.1. The molecule has 0 bridgehead atoms. The number of hydrogen-bond donors (Lipinski definition) is 1. The number of rotatable bonds is 1. The van der Waals surface area contributed by atoms with Crippen LogP contribution in [0.15, 0.2) is 36.7 Å². The second kappa shape index (κ2) is 4.04. The van der Waals surface area contributed by atoms with E-state index in [0.717, 1.165) is 12.1 Å². The first-order chi connectivity index (χ1) is 7.97. The molecule has 2 aromatic rings. The Balaban J connectivity index is 2.36. The number of halogens is 3. The number of nitrogens with zero attached hydrogens (tertiary/aromatic N) is 2. The highest BCUT2D eigenvalue weighted by atomic mass is 19.4. The quantitative estimate of drug-likeness (QED) is 0.832. The molecule has 0 aliphatic rings. The lowest BCUT2D eigenvalue weighted by Gasteiger charge is -2.07. The molecule has 0 spiro atoms. The van der Waals surface area contributed by atoms with Gasteiger partial charge in [0.15, 0.2) is 0 Å². The maximum Gasteiger partial charge on any atom is 0.416 e. The van der Waals surface area contributed by atoms with Crippen LogP contribution >= 0.6 is 0 Å². The van der Waals surface area contributed by atoms with Gasteiger partial charge < -0.3 is 5.73 Å². The van der Waals surface area contributed by atoms with Crippen LogP contribution in [0.2, 0.25) is 0 Å². The third kappa shape index (κ3) is 2.52. The Hall–Kier alpha value is -2.11. The summed E-state index contributed by atoms with van der Waals surface area (Å²) in [7, 11) is 0. The Labute approximate surface area is 95.1 Å². The van der Waals surface area contributed by atoms with Gasteiger partial charge in [0.2, 0.25) is 0 Å². The molecule has 2 rings (SSSR count). The molecule has 0 atom stereocenters. The molecular formula is C11H8F3N3. The van der Waals surface area contributed by atoms with Gasteiger partial charge in [0.05, 0.1) is 23.7 Å². The van der Waals surface area contributed by atoms with Crippen LogP contribution in [0.25, 0.3) is 11.3 Å². The van der Waals surface area contributed by atoms with E-state index in [9.17, 15) is 13.2 Å². The minimum Gasteiger partial charge on any atom is -0.382 e. The van der Waals surface area contributed by atoms with Gasteiger partial charge in [-0.05, 0) is 12.1 Å². The summed E-state index contributed by atoms with van der Waals surface area (Å²) in [5.41, 5.74) is 5.73. The summed E-state index contributed by atoms with van der Waals surface area (Å²) >= 11 is 0. The van der Waals surface area contributed by atoms with E-state index in [1.54, 1.807) is 0 Å². The highest BCUT2D eigenvalue weighted by molar-refractivity contribution is 5.59. The first-order valence-electron chi connectivity index (χ1n) is 4.72. The molecule has 0 radical (unpaired) electrons. The van der Waals surface area contributed by atoms with E-state index in [2.05, 4.69) is 9.97 Å². The van der Waals surface area contributed by atoms with Gasteiger partial charge in [-0.3, -0.25) is 4.98 Å². The summed E-state index contributed by atoms with van der Waals surface area (Å²) in [6.45, 7) is 0. The number of aromatic nitrogens is 2. The average molecular weight is 239 g/mol. The van der Waals surface area contributed by atoms with E-state index in [1.165, 1.54) is 24.5 Å². The van der Waals surface area contributed by atoms with Crippen LogP contribution < -0.4 is 5.73 Å². The van der Waals surface area contributed by atoms with Crippen molar-refractivity contribution in [3.63, 3.8) is 0 Å². The van der Waals surface area contributed by atoms with Gasteiger partial charge in [-0.25, -0.2) is 4.98 Å². The van der Waals surface area contributed by atoms with Gasteiger partial charge in [0.25, 0.3) is 0 Å². The van der Waals surface area contributed by atoms with Crippen molar-refractivity contribution < 1.29 is 13.2 Å². The SMILES string of the molecule is Nc1cncc(-c2ccc(C(F)(F)F)cc2)n1. The fourth-order valence-corrected chi connectivity index (χ4v) is 1.35. The van der Waals surface area contributed by atoms with Gasteiger partial charge in [-0.15, -0.1) is 0 Å². The second-order valence-corrected chi connectivity index (χ2v) is 3.40. The molecular weight excluding hydrogens is 231 g/mol. The lowest BCUT2D eigenvalue weighted by molar-refractivity contribution is -0.137. The Morgan fingerprint density at radius 1 is 1.00 bits per heavy atom. The van der Waals surface area contributed by atoms with Gasteiger partial charge >= 0.3 is 6.18 Å². The van der Waals surface area contributed by atoms with E-state index in [1.807, 2.05) is 0 Å². The van der Waals surface area contributed by atoms with Crippen molar-refractivity contribution in [3.8, 4) is 11.3 Å². The molecule has 6 heteroatoms. The standard InChI is InChI=1S/C11H8F3N3/c12-11(13,14)8-3-1-7(2-4-8)9-5-16-6-10(15)17-9/h1-6H,(H2,15,17). The zero-order valence-electron chi connectivity index (χ0n) is 8.57. The van der Waals surface area contributed by atoms with Crippen LogP contribution in [0.3, 0.4) is 0 Å². The van der Waals surface area contributed by atoms with E-state index < -0.39 is 11.7 Å². The molecule has 1 aromatic heterocycles. The summed E-state index contributed by atoms with van der Waals surface area (Å²) in [4.78, 5) is 7.79. The molecule has 3 nitrogen and oxygen atoms in total. The average Bonchev–Trinajstić information content (AvgIpc) is 2.28. The summed E-state index contributed by atoms with van der Waals surface area (Å²) < 4.78 is 37.0.